The number of nitrogens with one attached hydrogen (secondary N) is 1. The molecular weight excluding hydrogens is 475 g/mol. The Morgan fingerprint density at radius 3 is 2.53 bits per heavy atom. The van der Waals surface area contributed by atoms with Crippen LogP contribution in [0.3, 0.4) is 0 Å². The molecule has 1 aromatic heterocycles. The second-order valence-electron chi connectivity index (χ2n) is 6.94. The first-order valence-corrected chi connectivity index (χ1v) is 11.5. The molecule has 0 radical (unpaired) electrons. The van der Waals surface area contributed by atoms with E-state index in [0.717, 1.165) is 11.3 Å². The monoisotopic (exact) mass is 494 g/mol. The third kappa shape index (κ3) is 4.79. The number of nitrogens with zero attached hydrogens (tertiary/aromatic N) is 1. The number of carbonyl (C=O) groups is 1. The van der Waals surface area contributed by atoms with Crippen LogP contribution in [0.1, 0.15) is 23.2 Å². The average molecular weight is 495 g/mol. The van der Waals surface area contributed by atoms with Crippen LogP contribution in [-0.4, -0.2) is 25.2 Å². The van der Waals surface area contributed by atoms with Crippen molar-refractivity contribution in [2.45, 2.75) is 32.1 Å². The summed E-state index contributed by atoms with van der Waals surface area (Å²) in [5, 5.41) is 6.31. The standard InChI is InChI=1S/C21H20BrFN2O4S/c1-12-4-5-15(21-13(2)14(3)25-29-21)10-19(12)30(27,28)9-8-20(26)24-18-7-6-16(22)11-17(18)23/h4-7,10-11H,8-9H2,1-3H3,(H,24,26). The quantitative estimate of drug-likeness (QED) is 0.522. The number of amides is 1. The summed E-state index contributed by atoms with van der Waals surface area (Å²) in [6.07, 6.45) is -0.304. The molecule has 9 heteroatoms. The molecule has 0 unspecified atom stereocenters. The SMILES string of the molecule is Cc1ccc(-c2onc(C)c2C)cc1S(=O)(=O)CCC(=O)Nc1ccc(Br)cc1F. The van der Waals surface area contributed by atoms with Gasteiger partial charge in [-0.05, 0) is 50.6 Å². The number of rotatable bonds is 6. The maximum atomic E-state index is 13.9. The summed E-state index contributed by atoms with van der Waals surface area (Å²) in [5.74, 6) is -1.10. The van der Waals surface area contributed by atoms with E-state index in [2.05, 4.69) is 26.4 Å². The first kappa shape index (κ1) is 22.2. The van der Waals surface area contributed by atoms with Crippen molar-refractivity contribution < 1.29 is 22.1 Å². The maximum absolute atomic E-state index is 13.9. The van der Waals surface area contributed by atoms with Crippen LogP contribution in [0.4, 0.5) is 10.1 Å². The van der Waals surface area contributed by atoms with Gasteiger partial charge >= 0.3 is 0 Å². The van der Waals surface area contributed by atoms with Crippen LogP contribution in [0.5, 0.6) is 0 Å². The van der Waals surface area contributed by atoms with E-state index in [4.69, 9.17) is 4.52 Å². The van der Waals surface area contributed by atoms with Crippen LogP contribution in [0.25, 0.3) is 11.3 Å². The zero-order valence-corrected chi connectivity index (χ0v) is 19.0. The molecule has 6 nitrogen and oxygen atoms in total. The highest BCUT2D eigenvalue weighted by Crippen LogP contribution is 2.29. The zero-order valence-electron chi connectivity index (χ0n) is 16.6. The molecule has 0 saturated heterocycles. The summed E-state index contributed by atoms with van der Waals surface area (Å²) in [5.41, 5.74) is 2.71. The molecule has 3 aromatic rings. The van der Waals surface area contributed by atoms with E-state index in [1.807, 2.05) is 6.92 Å². The fourth-order valence-electron chi connectivity index (χ4n) is 2.90. The Kier molecular flexibility index (Phi) is 6.42. The van der Waals surface area contributed by atoms with Crippen molar-refractivity contribution in [1.82, 2.24) is 5.16 Å². The van der Waals surface area contributed by atoms with Crippen LogP contribution >= 0.6 is 15.9 Å². The molecule has 0 fully saturated rings. The number of hydrogen-bond acceptors (Lipinski definition) is 5. The third-order valence-corrected chi connectivity index (χ3v) is 7.09. The minimum absolute atomic E-state index is 0.00468. The van der Waals surface area contributed by atoms with Gasteiger partial charge in [-0.1, -0.05) is 33.2 Å². The number of anilines is 1. The molecule has 0 aliphatic rings. The summed E-state index contributed by atoms with van der Waals surface area (Å²) in [4.78, 5) is 12.3. The summed E-state index contributed by atoms with van der Waals surface area (Å²) in [6.45, 7) is 5.34. The van der Waals surface area contributed by atoms with Gasteiger partial charge in [-0.2, -0.15) is 0 Å². The van der Waals surface area contributed by atoms with Gasteiger partial charge in [0.2, 0.25) is 5.91 Å². The highest BCUT2D eigenvalue weighted by atomic mass is 79.9. The first-order chi connectivity index (χ1) is 14.1. The van der Waals surface area contributed by atoms with Gasteiger partial charge in [0, 0.05) is 22.0 Å². The molecule has 1 N–H and O–H groups in total. The Morgan fingerprint density at radius 1 is 1.17 bits per heavy atom. The van der Waals surface area contributed by atoms with Crippen molar-refractivity contribution in [3.63, 3.8) is 0 Å². The summed E-state index contributed by atoms with van der Waals surface area (Å²) in [7, 11) is -3.76. The van der Waals surface area contributed by atoms with Gasteiger partial charge in [0.1, 0.15) is 5.82 Å². The van der Waals surface area contributed by atoms with E-state index in [1.165, 1.54) is 18.2 Å². The van der Waals surface area contributed by atoms with Gasteiger partial charge in [-0.3, -0.25) is 4.79 Å². The second-order valence-corrected chi connectivity index (χ2v) is 9.94. The molecule has 158 valence electrons. The Morgan fingerprint density at radius 2 is 1.90 bits per heavy atom. The Balaban J connectivity index is 1.77. The summed E-state index contributed by atoms with van der Waals surface area (Å²) in [6, 6.07) is 9.19. The molecule has 0 aliphatic carbocycles. The van der Waals surface area contributed by atoms with Crippen LogP contribution in [0.15, 0.2) is 50.3 Å². The predicted octanol–water partition coefficient (Wildman–Crippen LogP) is 4.97. The van der Waals surface area contributed by atoms with Gasteiger partial charge in [-0.25, -0.2) is 12.8 Å². The lowest BCUT2D eigenvalue weighted by molar-refractivity contribution is -0.115. The predicted molar refractivity (Wildman–Crippen MR) is 116 cm³/mol. The fourth-order valence-corrected chi connectivity index (χ4v) is 4.77. The minimum atomic E-state index is -3.76. The van der Waals surface area contributed by atoms with E-state index in [1.54, 1.807) is 32.0 Å². The molecule has 0 atom stereocenters. The highest BCUT2D eigenvalue weighted by Gasteiger charge is 2.21. The van der Waals surface area contributed by atoms with E-state index in [0.29, 0.717) is 21.4 Å². The number of halogens is 2. The molecule has 0 saturated carbocycles. The van der Waals surface area contributed by atoms with E-state index >= 15 is 0 Å². The number of sulfone groups is 1. The van der Waals surface area contributed by atoms with Crippen molar-refractivity contribution in [3.05, 3.63) is 63.5 Å². The topological polar surface area (TPSA) is 89.3 Å². The van der Waals surface area contributed by atoms with E-state index < -0.39 is 27.3 Å². The van der Waals surface area contributed by atoms with Gasteiger partial charge in [0.05, 0.1) is 22.0 Å². The van der Waals surface area contributed by atoms with Crippen LogP contribution < -0.4 is 5.32 Å². The van der Waals surface area contributed by atoms with Crippen LogP contribution in [-0.2, 0) is 14.6 Å². The smallest absolute Gasteiger partial charge is 0.225 e. The van der Waals surface area contributed by atoms with Gasteiger partial charge in [0.15, 0.2) is 15.6 Å². The highest BCUT2D eigenvalue weighted by molar-refractivity contribution is 9.10. The normalized spacial score (nSPS) is 11.5. The largest absolute Gasteiger partial charge is 0.356 e. The Hall–Kier alpha value is -2.52. The molecule has 0 aliphatic heterocycles. The van der Waals surface area contributed by atoms with Crippen molar-refractivity contribution in [1.29, 1.82) is 0 Å². The van der Waals surface area contributed by atoms with Gasteiger partial charge < -0.3 is 9.84 Å². The fraction of sp³-hybridized carbons (Fsp3) is 0.238. The van der Waals surface area contributed by atoms with Crippen molar-refractivity contribution in [2.24, 2.45) is 0 Å². The minimum Gasteiger partial charge on any atom is -0.356 e. The molecule has 30 heavy (non-hydrogen) atoms. The van der Waals surface area contributed by atoms with E-state index in [9.17, 15) is 17.6 Å². The lowest BCUT2D eigenvalue weighted by atomic mass is 10.1. The number of benzene rings is 2. The van der Waals surface area contributed by atoms with Crippen LogP contribution in [0, 0.1) is 26.6 Å². The van der Waals surface area contributed by atoms with Crippen molar-refractivity contribution in [3.8, 4) is 11.3 Å². The number of hydrogen-bond donors (Lipinski definition) is 1. The zero-order chi connectivity index (χ0) is 22.1. The summed E-state index contributed by atoms with van der Waals surface area (Å²) >= 11 is 3.14. The number of aromatic nitrogens is 1. The van der Waals surface area contributed by atoms with Gasteiger partial charge in [-0.15, -0.1) is 0 Å². The lowest BCUT2D eigenvalue weighted by Crippen LogP contribution is -2.18. The Labute approximate surface area is 182 Å². The molecular formula is C21H20BrFN2O4S. The van der Waals surface area contributed by atoms with E-state index in [-0.39, 0.29) is 17.0 Å². The second kappa shape index (κ2) is 8.69. The maximum Gasteiger partial charge on any atom is 0.225 e. The average Bonchev–Trinajstić information content (AvgIpc) is 3.02. The first-order valence-electron chi connectivity index (χ1n) is 9.10. The molecule has 3 rings (SSSR count). The number of aryl methyl sites for hydroxylation is 2. The van der Waals surface area contributed by atoms with Crippen molar-refractivity contribution >= 4 is 37.4 Å². The van der Waals surface area contributed by atoms with Crippen molar-refractivity contribution in [2.75, 3.05) is 11.1 Å². The third-order valence-electron chi connectivity index (χ3n) is 4.75. The molecule has 1 heterocycles. The molecule has 0 bridgehead atoms. The number of carbonyl (C=O) groups excluding carboxylic acids is 1. The molecule has 0 spiro atoms. The van der Waals surface area contributed by atoms with Crippen LogP contribution in [0.2, 0.25) is 0 Å². The lowest BCUT2D eigenvalue weighted by Gasteiger charge is -2.10. The van der Waals surface area contributed by atoms with Gasteiger partial charge in [0.25, 0.3) is 0 Å². The Bertz CT molecular complexity index is 1220. The molecule has 2 aromatic carbocycles. The summed E-state index contributed by atoms with van der Waals surface area (Å²) < 4.78 is 45.5. The molecule has 1 amide bonds.